The Hall–Kier alpha value is -3.33. The molecule has 2 aromatic heterocycles. The molecule has 0 saturated heterocycles. The first-order valence-corrected chi connectivity index (χ1v) is 9.17. The Kier molecular flexibility index (Phi) is 5.60. The second-order valence-electron chi connectivity index (χ2n) is 6.54. The van der Waals surface area contributed by atoms with Gasteiger partial charge in [0.05, 0.1) is 5.71 Å². The summed E-state index contributed by atoms with van der Waals surface area (Å²) in [5.74, 6) is 0.364. The van der Waals surface area contributed by atoms with Gasteiger partial charge in [-0.3, -0.25) is 18.5 Å². The molecule has 0 aliphatic heterocycles. The molecule has 0 unspecified atom stereocenters. The number of nitrogens with one attached hydrogen (secondary N) is 1. The summed E-state index contributed by atoms with van der Waals surface area (Å²) in [6.07, 6.45) is 1.72. The number of aromatic nitrogens is 4. The van der Waals surface area contributed by atoms with Crippen LogP contribution in [-0.2, 0) is 20.6 Å². The summed E-state index contributed by atoms with van der Waals surface area (Å²) in [6, 6.07) is 6.81. The van der Waals surface area contributed by atoms with Gasteiger partial charge in [0.15, 0.2) is 11.2 Å². The maximum Gasteiger partial charge on any atom is 0.332 e. The lowest BCUT2D eigenvalue weighted by Gasteiger charge is -2.08. The predicted molar refractivity (Wildman–Crippen MR) is 114 cm³/mol. The van der Waals surface area contributed by atoms with E-state index in [9.17, 15) is 14.7 Å². The molecule has 29 heavy (non-hydrogen) atoms. The fourth-order valence-corrected chi connectivity index (χ4v) is 2.97. The van der Waals surface area contributed by atoms with Gasteiger partial charge in [-0.05, 0) is 26.0 Å². The smallest absolute Gasteiger partial charge is 0.332 e. The number of benzene rings is 1. The minimum Gasteiger partial charge on any atom is -0.507 e. The fraction of sp³-hybridized carbons (Fsp3) is 0.263. The molecule has 1 aromatic carbocycles. The van der Waals surface area contributed by atoms with E-state index in [2.05, 4.69) is 15.5 Å². The average Bonchev–Trinajstić information content (AvgIpc) is 3.06. The second-order valence-corrected chi connectivity index (χ2v) is 7.14. The lowest BCUT2D eigenvalue weighted by Crippen LogP contribution is -2.37. The molecule has 2 N–H and O–H groups in total. The summed E-state index contributed by atoms with van der Waals surface area (Å²) in [5, 5.41) is 14.8. The van der Waals surface area contributed by atoms with Gasteiger partial charge < -0.3 is 5.11 Å². The van der Waals surface area contributed by atoms with E-state index in [1.165, 1.54) is 11.6 Å². The van der Waals surface area contributed by atoms with E-state index in [0.717, 1.165) is 4.57 Å². The van der Waals surface area contributed by atoms with Gasteiger partial charge in [0.2, 0.25) is 5.95 Å². The van der Waals surface area contributed by atoms with E-state index < -0.39 is 11.2 Å². The molecule has 9 nitrogen and oxygen atoms in total. The number of fused-ring (bicyclic) bond motifs is 1. The zero-order valence-electron chi connectivity index (χ0n) is 16.5. The number of nitrogens with zero attached hydrogens (tertiary/aromatic N) is 5. The number of hydrogen-bond donors (Lipinski definition) is 2. The Morgan fingerprint density at radius 3 is 2.59 bits per heavy atom. The van der Waals surface area contributed by atoms with Crippen molar-refractivity contribution in [2.45, 2.75) is 20.4 Å². The highest BCUT2D eigenvalue weighted by Gasteiger charge is 2.18. The molecule has 2 heterocycles. The van der Waals surface area contributed by atoms with Crippen LogP contribution in [0.1, 0.15) is 19.4 Å². The minimum absolute atomic E-state index is 0.0982. The van der Waals surface area contributed by atoms with Gasteiger partial charge in [0, 0.05) is 31.2 Å². The Labute approximate surface area is 171 Å². The van der Waals surface area contributed by atoms with Crippen molar-refractivity contribution >= 4 is 34.4 Å². The lowest BCUT2D eigenvalue weighted by molar-refractivity contribution is 0.474. The van der Waals surface area contributed by atoms with Crippen molar-refractivity contribution in [2.75, 3.05) is 5.43 Å². The third-order valence-corrected chi connectivity index (χ3v) is 4.67. The zero-order valence-corrected chi connectivity index (χ0v) is 17.2. The van der Waals surface area contributed by atoms with E-state index in [-0.39, 0.29) is 29.4 Å². The summed E-state index contributed by atoms with van der Waals surface area (Å²) in [4.78, 5) is 29.4. The average molecular weight is 417 g/mol. The molecular weight excluding hydrogens is 396 g/mol. The molecule has 0 aliphatic carbocycles. The number of phenols is 1. The van der Waals surface area contributed by atoms with E-state index in [0.29, 0.717) is 16.3 Å². The number of para-hydroxylation sites is 1. The molecule has 0 bridgehead atoms. The standard InChI is InChI=1S/C19H21ClN6O3/c1-11(20)9-10-26-15-16(24(3)19(29)25(4)17(15)28)21-18(26)23-22-12(2)13-7-5-6-8-14(13)27/h5-9,27H,10H2,1-4H3,(H,21,23)/b11-9?,22-12+. The molecular formula is C19H21ClN6O3. The highest BCUT2D eigenvalue weighted by Crippen LogP contribution is 2.19. The highest BCUT2D eigenvalue weighted by molar-refractivity contribution is 6.29. The monoisotopic (exact) mass is 416 g/mol. The topological polar surface area (TPSA) is 106 Å². The van der Waals surface area contributed by atoms with Crippen LogP contribution < -0.4 is 16.7 Å². The maximum atomic E-state index is 12.7. The minimum atomic E-state index is -0.475. The molecule has 3 rings (SSSR count). The van der Waals surface area contributed by atoms with Gasteiger partial charge in [-0.15, -0.1) is 0 Å². The van der Waals surface area contributed by atoms with Gasteiger partial charge in [-0.1, -0.05) is 29.8 Å². The first-order chi connectivity index (χ1) is 13.7. The summed E-state index contributed by atoms with van der Waals surface area (Å²) >= 11 is 5.96. The number of phenolic OH excluding ortho intramolecular Hbond substituents is 1. The molecule has 0 radical (unpaired) electrons. The molecule has 0 aliphatic rings. The Balaban J connectivity index is 2.16. The van der Waals surface area contributed by atoms with Crippen LogP contribution in [0.3, 0.4) is 0 Å². The number of imidazole rings is 1. The van der Waals surface area contributed by atoms with E-state index >= 15 is 0 Å². The van der Waals surface area contributed by atoms with Crippen LogP contribution in [0.2, 0.25) is 0 Å². The Morgan fingerprint density at radius 2 is 1.93 bits per heavy atom. The first-order valence-electron chi connectivity index (χ1n) is 8.79. The van der Waals surface area contributed by atoms with Gasteiger partial charge in [0.1, 0.15) is 5.75 Å². The Bertz CT molecular complexity index is 1260. The summed E-state index contributed by atoms with van der Waals surface area (Å²) in [5.41, 5.74) is 3.46. The molecule has 152 valence electrons. The van der Waals surface area contributed by atoms with E-state index in [4.69, 9.17) is 11.6 Å². The lowest BCUT2D eigenvalue weighted by atomic mass is 10.1. The van der Waals surface area contributed by atoms with Gasteiger partial charge >= 0.3 is 5.69 Å². The summed E-state index contributed by atoms with van der Waals surface area (Å²) in [7, 11) is 2.96. The highest BCUT2D eigenvalue weighted by atomic mass is 35.5. The number of anilines is 1. The van der Waals surface area contributed by atoms with Crippen molar-refractivity contribution in [2.24, 2.45) is 19.2 Å². The maximum absolute atomic E-state index is 12.7. The third kappa shape index (κ3) is 3.81. The summed E-state index contributed by atoms with van der Waals surface area (Å²) < 4.78 is 3.93. The number of rotatable bonds is 5. The predicted octanol–water partition coefficient (Wildman–Crippen LogP) is 2.12. The zero-order chi connectivity index (χ0) is 21.3. The van der Waals surface area contributed by atoms with Gasteiger partial charge in [-0.2, -0.15) is 10.1 Å². The fourth-order valence-electron chi connectivity index (χ4n) is 2.90. The Morgan fingerprint density at radius 1 is 1.24 bits per heavy atom. The SMILES string of the molecule is CC(Cl)=CCn1c(N/N=C(\C)c2ccccc2O)nc2c1c(=O)n(C)c(=O)n2C. The number of hydrazone groups is 1. The van der Waals surface area contributed by atoms with Crippen molar-refractivity contribution in [3.05, 3.63) is 61.8 Å². The van der Waals surface area contributed by atoms with Crippen LogP contribution in [0.25, 0.3) is 11.2 Å². The number of allylic oxidation sites excluding steroid dienone is 2. The van der Waals surface area contributed by atoms with Crippen LogP contribution in [0, 0.1) is 0 Å². The number of halogens is 1. The molecule has 0 spiro atoms. The van der Waals surface area contributed by atoms with Crippen molar-refractivity contribution < 1.29 is 5.11 Å². The molecule has 3 aromatic rings. The van der Waals surface area contributed by atoms with Crippen molar-refractivity contribution in [3.8, 4) is 5.75 Å². The number of hydrogen-bond acceptors (Lipinski definition) is 6. The quantitative estimate of drug-likeness (QED) is 0.489. The van der Waals surface area contributed by atoms with Crippen molar-refractivity contribution in [1.29, 1.82) is 0 Å². The van der Waals surface area contributed by atoms with Gasteiger partial charge in [-0.25, -0.2) is 10.2 Å². The van der Waals surface area contributed by atoms with Crippen LogP contribution in [0.5, 0.6) is 5.75 Å². The molecule has 0 fully saturated rings. The van der Waals surface area contributed by atoms with E-state index in [1.807, 2.05) is 0 Å². The molecule has 0 saturated carbocycles. The molecule has 10 heteroatoms. The number of aromatic hydroxyl groups is 1. The van der Waals surface area contributed by atoms with Gasteiger partial charge in [0.25, 0.3) is 5.56 Å². The van der Waals surface area contributed by atoms with Crippen LogP contribution >= 0.6 is 11.6 Å². The third-order valence-electron chi connectivity index (χ3n) is 4.52. The van der Waals surface area contributed by atoms with Crippen molar-refractivity contribution in [1.82, 2.24) is 18.7 Å². The van der Waals surface area contributed by atoms with Crippen LogP contribution in [0.15, 0.2) is 50.1 Å². The van der Waals surface area contributed by atoms with Crippen LogP contribution in [-0.4, -0.2) is 29.5 Å². The van der Waals surface area contributed by atoms with E-state index in [1.54, 1.807) is 55.8 Å². The number of aryl methyl sites for hydroxylation is 1. The first kappa shape index (κ1) is 20.4. The summed E-state index contributed by atoms with van der Waals surface area (Å²) in [6.45, 7) is 3.71. The largest absolute Gasteiger partial charge is 0.507 e. The van der Waals surface area contributed by atoms with Crippen LogP contribution in [0.4, 0.5) is 5.95 Å². The molecule has 0 atom stereocenters. The normalized spacial score (nSPS) is 12.6. The molecule has 0 amide bonds. The second kappa shape index (κ2) is 7.96. The van der Waals surface area contributed by atoms with Crippen molar-refractivity contribution in [3.63, 3.8) is 0 Å².